The van der Waals surface area contributed by atoms with Crippen molar-refractivity contribution in [3.05, 3.63) is 57.0 Å². The molecule has 5 nitrogen and oxygen atoms in total. The number of nitrogens with one attached hydrogen (secondary N) is 1. The quantitative estimate of drug-likeness (QED) is 0.573. The third kappa shape index (κ3) is 3.74. The van der Waals surface area contributed by atoms with E-state index < -0.39 is 5.91 Å². The Bertz CT molecular complexity index is 719. The molecule has 1 amide bonds. The van der Waals surface area contributed by atoms with E-state index in [1.807, 2.05) is 0 Å². The molecule has 2 aromatic carbocycles. The van der Waals surface area contributed by atoms with Crippen molar-refractivity contribution in [3.63, 3.8) is 0 Å². The molecule has 0 atom stereocenters. The van der Waals surface area contributed by atoms with E-state index in [9.17, 15) is 15.0 Å². The number of benzene rings is 2. The number of rotatable bonds is 3. The molecule has 0 aliphatic heterocycles. The number of hydrogen-bond donors (Lipinski definition) is 3. The van der Waals surface area contributed by atoms with E-state index in [-0.39, 0.29) is 17.1 Å². The normalized spacial score (nSPS) is 10.8. The second-order valence-corrected chi connectivity index (χ2v) is 5.33. The highest BCUT2D eigenvalue weighted by molar-refractivity contribution is 9.10. The number of para-hydroxylation sites is 1. The molecule has 0 fully saturated rings. The molecule has 2 aromatic rings. The molecule has 108 valence electrons. The summed E-state index contributed by atoms with van der Waals surface area (Å²) in [4.78, 5) is 11.8. The zero-order valence-corrected chi connectivity index (χ0v) is 12.9. The van der Waals surface area contributed by atoms with Gasteiger partial charge >= 0.3 is 0 Å². The monoisotopic (exact) mass is 368 g/mol. The van der Waals surface area contributed by atoms with Gasteiger partial charge in [-0.25, -0.2) is 5.43 Å². The fraction of sp³-hybridized carbons (Fsp3) is 0. The molecular formula is C14H10BrClN2O3. The summed E-state index contributed by atoms with van der Waals surface area (Å²) in [7, 11) is 0. The van der Waals surface area contributed by atoms with Gasteiger partial charge in [0.15, 0.2) is 0 Å². The minimum absolute atomic E-state index is 0.0417. The summed E-state index contributed by atoms with van der Waals surface area (Å²) < 4.78 is 0.420. The summed E-state index contributed by atoms with van der Waals surface area (Å²) in [6.45, 7) is 0. The zero-order chi connectivity index (χ0) is 15.4. The minimum atomic E-state index is -0.565. The van der Waals surface area contributed by atoms with Crippen molar-refractivity contribution in [1.29, 1.82) is 0 Å². The summed E-state index contributed by atoms with van der Waals surface area (Å²) in [5, 5.41) is 23.5. The maximum Gasteiger partial charge on any atom is 0.275 e. The van der Waals surface area contributed by atoms with Crippen LogP contribution in [-0.2, 0) is 0 Å². The van der Waals surface area contributed by atoms with Crippen LogP contribution in [0.2, 0.25) is 5.02 Å². The Morgan fingerprint density at radius 1 is 1.29 bits per heavy atom. The van der Waals surface area contributed by atoms with E-state index in [0.29, 0.717) is 15.1 Å². The Kier molecular flexibility index (Phi) is 4.82. The van der Waals surface area contributed by atoms with Crippen molar-refractivity contribution in [2.75, 3.05) is 0 Å². The molecule has 0 radical (unpaired) electrons. The van der Waals surface area contributed by atoms with Crippen LogP contribution in [-0.4, -0.2) is 22.3 Å². The minimum Gasteiger partial charge on any atom is -0.507 e. The highest BCUT2D eigenvalue weighted by atomic mass is 79.9. The number of hydrogen-bond acceptors (Lipinski definition) is 4. The van der Waals surface area contributed by atoms with E-state index in [1.165, 1.54) is 30.5 Å². The van der Waals surface area contributed by atoms with Crippen LogP contribution in [0.1, 0.15) is 15.9 Å². The second kappa shape index (κ2) is 6.60. The highest BCUT2D eigenvalue weighted by Gasteiger charge is 2.09. The maximum absolute atomic E-state index is 11.8. The number of amides is 1. The standard InChI is InChI=1S/C14H10BrClN2O3/c15-11-6-9(16)5-8(13(11)20)7-17-18-14(21)10-3-1-2-4-12(10)19/h1-7,19-20H,(H,18,21). The summed E-state index contributed by atoms with van der Waals surface area (Å²) in [6.07, 6.45) is 1.25. The van der Waals surface area contributed by atoms with Crippen molar-refractivity contribution >= 4 is 39.7 Å². The average Bonchev–Trinajstić information content (AvgIpc) is 2.44. The summed E-state index contributed by atoms with van der Waals surface area (Å²) in [6, 6.07) is 9.13. The first-order valence-corrected chi connectivity index (χ1v) is 6.95. The Morgan fingerprint density at radius 2 is 2.00 bits per heavy atom. The van der Waals surface area contributed by atoms with E-state index >= 15 is 0 Å². The molecule has 7 heteroatoms. The number of phenolic OH excluding ortho intramolecular Hbond substituents is 2. The summed E-state index contributed by atoms with van der Waals surface area (Å²) in [5.74, 6) is -0.747. The van der Waals surface area contributed by atoms with Crippen LogP contribution in [0.4, 0.5) is 0 Å². The van der Waals surface area contributed by atoms with E-state index in [1.54, 1.807) is 12.1 Å². The van der Waals surface area contributed by atoms with Gasteiger partial charge in [-0.05, 0) is 40.2 Å². The van der Waals surface area contributed by atoms with Gasteiger partial charge in [0.2, 0.25) is 0 Å². The van der Waals surface area contributed by atoms with Gasteiger partial charge < -0.3 is 10.2 Å². The van der Waals surface area contributed by atoms with Crippen LogP contribution in [0, 0.1) is 0 Å². The third-order valence-electron chi connectivity index (χ3n) is 2.58. The lowest BCUT2D eigenvalue weighted by molar-refractivity contribution is 0.0952. The number of aromatic hydroxyl groups is 2. The van der Waals surface area contributed by atoms with Crippen LogP contribution in [0.25, 0.3) is 0 Å². The molecule has 0 unspecified atom stereocenters. The zero-order valence-electron chi connectivity index (χ0n) is 10.5. The van der Waals surface area contributed by atoms with E-state index in [0.717, 1.165) is 0 Å². The van der Waals surface area contributed by atoms with Gasteiger partial charge in [-0.1, -0.05) is 23.7 Å². The number of carbonyl (C=O) groups is 1. The summed E-state index contributed by atoms with van der Waals surface area (Å²) in [5.41, 5.74) is 2.70. The smallest absolute Gasteiger partial charge is 0.275 e. The molecule has 0 heterocycles. The lowest BCUT2D eigenvalue weighted by atomic mass is 10.2. The number of phenols is 2. The second-order valence-electron chi connectivity index (χ2n) is 4.04. The van der Waals surface area contributed by atoms with Crippen LogP contribution >= 0.6 is 27.5 Å². The highest BCUT2D eigenvalue weighted by Crippen LogP contribution is 2.30. The van der Waals surface area contributed by atoms with Crippen molar-refractivity contribution in [3.8, 4) is 11.5 Å². The Labute approximate surface area is 134 Å². The number of nitrogens with zero attached hydrogens (tertiary/aromatic N) is 1. The van der Waals surface area contributed by atoms with Gasteiger partial charge in [0.05, 0.1) is 16.3 Å². The number of halogens is 2. The molecule has 3 N–H and O–H groups in total. The topological polar surface area (TPSA) is 81.9 Å². The molecule has 21 heavy (non-hydrogen) atoms. The van der Waals surface area contributed by atoms with Gasteiger partial charge in [-0.3, -0.25) is 4.79 Å². The van der Waals surface area contributed by atoms with Crippen LogP contribution in [0.5, 0.6) is 11.5 Å². The number of hydrazone groups is 1. The van der Waals surface area contributed by atoms with Crippen LogP contribution < -0.4 is 5.43 Å². The fourth-order valence-electron chi connectivity index (χ4n) is 1.57. The van der Waals surface area contributed by atoms with Gasteiger partial charge in [-0.15, -0.1) is 0 Å². The molecule has 0 aliphatic carbocycles. The first kappa shape index (κ1) is 15.3. The molecule has 0 aliphatic rings. The van der Waals surface area contributed by atoms with Crippen LogP contribution in [0.15, 0.2) is 46.0 Å². The van der Waals surface area contributed by atoms with Crippen molar-refractivity contribution < 1.29 is 15.0 Å². The molecule has 0 saturated heterocycles. The Hall–Kier alpha value is -2.05. The van der Waals surface area contributed by atoms with E-state index in [2.05, 4.69) is 26.5 Å². The molecule has 2 rings (SSSR count). The fourth-order valence-corrected chi connectivity index (χ4v) is 2.40. The van der Waals surface area contributed by atoms with Crippen LogP contribution in [0.3, 0.4) is 0 Å². The largest absolute Gasteiger partial charge is 0.507 e. The molecule has 0 aromatic heterocycles. The molecule has 0 saturated carbocycles. The third-order valence-corrected chi connectivity index (χ3v) is 3.40. The van der Waals surface area contributed by atoms with Crippen molar-refractivity contribution in [2.24, 2.45) is 5.10 Å². The predicted molar refractivity (Wildman–Crippen MR) is 84.0 cm³/mol. The van der Waals surface area contributed by atoms with Gasteiger partial charge in [-0.2, -0.15) is 5.10 Å². The Balaban J connectivity index is 2.13. The van der Waals surface area contributed by atoms with Crippen molar-refractivity contribution in [2.45, 2.75) is 0 Å². The molecule has 0 spiro atoms. The first-order valence-electron chi connectivity index (χ1n) is 5.78. The van der Waals surface area contributed by atoms with Gasteiger partial charge in [0, 0.05) is 10.6 Å². The van der Waals surface area contributed by atoms with E-state index in [4.69, 9.17) is 11.6 Å². The average molecular weight is 370 g/mol. The predicted octanol–water partition coefficient (Wildman–Crippen LogP) is 3.28. The lowest BCUT2D eigenvalue weighted by Crippen LogP contribution is -2.17. The van der Waals surface area contributed by atoms with Gasteiger partial charge in [0.1, 0.15) is 11.5 Å². The molecule has 0 bridgehead atoms. The summed E-state index contributed by atoms with van der Waals surface area (Å²) >= 11 is 9.00. The first-order chi connectivity index (χ1) is 9.99. The SMILES string of the molecule is O=C(NN=Cc1cc(Cl)cc(Br)c1O)c1ccccc1O. The lowest BCUT2D eigenvalue weighted by Gasteiger charge is -2.04. The Morgan fingerprint density at radius 3 is 2.71 bits per heavy atom. The maximum atomic E-state index is 11.8. The van der Waals surface area contributed by atoms with Crippen molar-refractivity contribution in [1.82, 2.24) is 5.43 Å². The number of carbonyl (C=O) groups excluding carboxylic acids is 1. The molecular weight excluding hydrogens is 360 g/mol. The van der Waals surface area contributed by atoms with Gasteiger partial charge in [0.25, 0.3) is 5.91 Å².